The van der Waals surface area contributed by atoms with E-state index in [1.54, 1.807) is 19.1 Å². The summed E-state index contributed by atoms with van der Waals surface area (Å²) in [6, 6.07) is 5.46. The molecule has 0 aliphatic rings. The van der Waals surface area contributed by atoms with Crippen LogP contribution in [-0.4, -0.2) is 41.3 Å². The first kappa shape index (κ1) is 22.7. The van der Waals surface area contributed by atoms with Crippen molar-refractivity contribution in [1.82, 2.24) is 9.97 Å². The van der Waals surface area contributed by atoms with E-state index in [-0.39, 0.29) is 6.42 Å². The molecule has 1 aromatic carbocycles. The Morgan fingerprint density at radius 1 is 1.17 bits per heavy atom. The summed E-state index contributed by atoms with van der Waals surface area (Å²) in [6.45, 7) is 7.26. The molecule has 8 heteroatoms. The van der Waals surface area contributed by atoms with Gasteiger partial charge in [0.1, 0.15) is 5.75 Å². The number of thioether (sulfide) groups is 1. The summed E-state index contributed by atoms with van der Waals surface area (Å²) in [7, 11) is 1.53. The van der Waals surface area contributed by atoms with E-state index in [1.807, 2.05) is 33.1 Å². The third-order valence-corrected chi connectivity index (χ3v) is 5.00. The first-order chi connectivity index (χ1) is 13.7. The second-order valence-electron chi connectivity index (χ2n) is 6.68. The monoisotopic (exact) mass is 417 g/mol. The number of carbonyl (C=O) groups excluding carboxylic acids is 2. The van der Waals surface area contributed by atoms with Gasteiger partial charge in [0.05, 0.1) is 12.8 Å². The van der Waals surface area contributed by atoms with Crippen LogP contribution in [0.5, 0.6) is 5.75 Å². The molecule has 0 spiro atoms. The minimum atomic E-state index is -0.926. The third kappa shape index (κ3) is 6.19. The smallest absolute Gasteiger partial charge is 0.306 e. The van der Waals surface area contributed by atoms with Gasteiger partial charge in [0, 0.05) is 17.8 Å². The number of nitrogens with one attached hydrogen (secondary N) is 1. The Morgan fingerprint density at radius 2 is 1.83 bits per heavy atom. The van der Waals surface area contributed by atoms with Gasteiger partial charge in [-0.15, -0.1) is 0 Å². The average molecular weight is 418 g/mol. The topological polar surface area (TPSA) is 90.4 Å². The number of nitrogens with zero attached hydrogens (tertiary/aromatic N) is 2. The highest BCUT2D eigenvalue weighted by Gasteiger charge is 2.20. The van der Waals surface area contributed by atoms with Crippen LogP contribution in [0.1, 0.15) is 35.9 Å². The number of carbonyl (C=O) groups is 2. The van der Waals surface area contributed by atoms with Crippen molar-refractivity contribution in [3.8, 4) is 5.75 Å². The number of esters is 1. The molecule has 0 saturated carbocycles. The van der Waals surface area contributed by atoms with Crippen molar-refractivity contribution in [2.24, 2.45) is 0 Å². The van der Waals surface area contributed by atoms with E-state index in [2.05, 4.69) is 15.3 Å². The molecule has 0 unspecified atom stereocenters. The number of hydrogen-bond acceptors (Lipinski definition) is 7. The van der Waals surface area contributed by atoms with Crippen LogP contribution in [0.15, 0.2) is 23.4 Å². The summed E-state index contributed by atoms with van der Waals surface area (Å²) < 4.78 is 10.6. The van der Waals surface area contributed by atoms with Crippen LogP contribution >= 0.6 is 11.8 Å². The van der Waals surface area contributed by atoms with Crippen LogP contribution in [0.25, 0.3) is 0 Å². The molecule has 7 nitrogen and oxygen atoms in total. The molecular formula is C21H27N3O4S. The molecule has 1 heterocycles. The maximum atomic E-state index is 12.4. The van der Waals surface area contributed by atoms with Crippen molar-refractivity contribution in [2.75, 3.05) is 18.7 Å². The summed E-state index contributed by atoms with van der Waals surface area (Å²) in [5.74, 6) is -0.319. The zero-order chi connectivity index (χ0) is 21.6. The van der Waals surface area contributed by atoms with E-state index in [0.29, 0.717) is 23.0 Å². The van der Waals surface area contributed by atoms with Gasteiger partial charge in [-0.25, -0.2) is 9.97 Å². The summed E-state index contributed by atoms with van der Waals surface area (Å²) in [5.41, 5.74) is 4.16. The van der Waals surface area contributed by atoms with Crippen molar-refractivity contribution in [3.05, 3.63) is 40.7 Å². The van der Waals surface area contributed by atoms with E-state index >= 15 is 0 Å². The Hall–Kier alpha value is -2.61. The van der Waals surface area contributed by atoms with E-state index < -0.39 is 18.0 Å². The van der Waals surface area contributed by atoms with Gasteiger partial charge < -0.3 is 14.8 Å². The summed E-state index contributed by atoms with van der Waals surface area (Å²) in [5, 5.41) is 3.46. The van der Waals surface area contributed by atoms with Gasteiger partial charge >= 0.3 is 5.97 Å². The number of hydrogen-bond donors (Lipinski definition) is 1. The number of aryl methyl sites for hydroxylation is 3. The number of amides is 1. The molecule has 0 saturated heterocycles. The van der Waals surface area contributed by atoms with Crippen LogP contribution in [0.4, 0.5) is 5.69 Å². The number of ether oxygens (including phenoxy) is 2. The molecule has 0 aliphatic heterocycles. The highest BCUT2D eigenvalue weighted by molar-refractivity contribution is 7.98. The van der Waals surface area contributed by atoms with Crippen molar-refractivity contribution in [2.45, 2.75) is 51.8 Å². The Kier molecular flexibility index (Phi) is 8.01. The van der Waals surface area contributed by atoms with Crippen LogP contribution in [-0.2, 0) is 20.7 Å². The lowest BCUT2D eigenvalue weighted by Gasteiger charge is -2.16. The van der Waals surface area contributed by atoms with Gasteiger partial charge in [0.15, 0.2) is 11.3 Å². The quantitative estimate of drug-likeness (QED) is 0.398. The van der Waals surface area contributed by atoms with Gasteiger partial charge in [-0.3, -0.25) is 9.59 Å². The standard InChI is InChI=1S/C21H27N3O4S/c1-12-7-9-18(27-5)17(11-12)24-20(26)15(4)28-19(25)10-8-16-13(2)22-21(29-6)23-14(16)3/h7,9,11,15H,8,10H2,1-6H3,(H,24,26)/t15-/m0/s1. The lowest BCUT2D eigenvalue weighted by molar-refractivity contribution is -0.153. The molecule has 0 radical (unpaired) electrons. The van der Waals surface area contributed by atoms with Gasteiger partial charge in [0.2, 0.25) is 0 Å². The van der Waals surface area contributed by atoms with Crippen LogP contribution < -0.4 is 10.1 Å². The molecule has 0 aliphatic carbocycles. The number of rotatable bonds is 8. The number of benzene rings is 1. The van der Waals surface area contributed by atoms with E-state index in [1.165, 1.54) is 18.9 Å². The third-order valence-electron chi connectivity index (χ3n) is 4.45. The highest BCUT2D eigenvalue weighted by Crippen LogP contribution is 2.25. The minimum Gasteiger partial charge on any atom is -0.495 e. The largest absolute Gasteiger partial charge is 0.495 e. The highest BCUT2D eigenvalue weighted by atomic mass is 32.2. The predicted molar refractivity (Wildman–Crippen MR) is 114 cm³/mol. The van der Waals surface area contributed by atoms with Gasteiger partial charge in [-0.2, -0.15) is 0 Å². The van der Waals surface area contributed by atoms with Crippen LogP contribution in [0.3, 0.4) is 0 Å². The second-order valence-corrected chi connectivity index (χ2v) is 7.46. The first-order valence-corrected chi connectivity index (χ1v) is 10.5. The maximum Gasteiger partial charge on any atom is 0.306 e. The molecule has 29 heavy (non-hydrogen) atoms. The second kappa shape index (κ2) is 10.2. The molecule has 1 atom stereocenters. The zero-order valence-electron chi connectivity index (χ0n) is 17.7. The zero-order valence-corrected chi connectivity index (χ0v) is 18.5. The van der Waals surface area contributed by atoms with Gasteiger partial charge in [0.25, 0.3) is 5.91 Å². The fourth-order valence-electron chi connectivity index (χ4n) is 2.85. The first-order valence-electron chi connectivity index (χ1n) is 9.28. The predicted octanol–water partition coefficient (Wildman–Crippen LogP) is 3.64. The molecule has 0 fully saturated rings. The maximum absolute atomic E-state index is 12.4. The van der Waals surface area contributed by atoms with Crippen molar-refractivity contribution in [3.63, 3.8) is 0 Å². The summed E-state index contributed by atoms with van der Waals surface area (Å²) in [6.07, 6.45) is 1.61. The van der Waals surface area contributed by atoms with Crippen molar-refractivity contribution < 1.29 is 19.1 Å². The lowest BCUT2D eigenvalue weighted by atomic mass is 10.1. The Bertz CT molecular complexity index is 878. The van der Waals surface area contributed by atoms with Crippen molar-refractivity contribution >= 4 is 29.3 Å². The summed E-state index contributed by atoms with van der Waals surface area (Å²) >= 11 is 1.48. The molecule has 2 rings (SSSR count). The fraction of sp³-hybridized carbons (Fsp3) is 0.429. The molecular weight excluding hydrogens is 390 g/mol. The Labute approximate surface area is 175 Å². The Balaban J connectivity index is 1.94. The molecule has 0 bridgehead atoms. The van der Waals surface area contributed by atoms with Gasteiger partial charge in [-0.05, 0) is 63.6 Å². The molecule has 2 aromatic rings. The Morgan fingerprint density at radius 3 is 2.41 bits per heavy atom. The summed E-state index contributed by atoms with van der Waals surface area (Å²) in [4.78, 5) is 33.5. The van der Waals surface area contributed by atoms with Crippen LogP contribution in [0, 0.1) is 20.8 Å². The van der Waals surface area contributed by atoms with Crippen LogP contribution in [0.2, 0.25) is 0 Å². The number of anilines is 1. The van der Waals surface area contributed by atoms with Crippen molar-refractivity contribution in [1.29, 1.82) is 0 Å². The minimum absolute atomic E-state index is 0.148. The molecule has 1 N–H and O–H groups in total. The van der Waals surface area contributed by atoms with Gasteiger partial charge in [-0.1, -0.05) is 17.8 Å². The van der Waals surface area contributed by atoms with E-state index in [9.17, 15) is 9.59 Å². The SMILES string of the molecule is COc1ccc(C)cc1NC(=O)[C@H](C)OC(=O)CCc1c(C)nc(SC)nc1C. The van der Waals surface area contributed by atoms with E-state index in [0.717, 1.165) is 22.5 Å². The molecule has 1 amide bonds. The molecule has 1 aromatic heterocycles. The average Bonchev–Trinajstić information content (AvgIpc) is 2.67. The fourth-order valence-corrected chi connectivity index (χ4v) is 3.31. The normalized spacial score (nSPS) is 11.7. The number of aromatic nitrogens is 2. The van der Waals surface area contributed by atoms with E-state index in [4.69, 9.17) is 9.47 Å². The lowest BCUT2D eigenvalue weighted by Crippen LogP contribution is -2.30. The molecule has 156 valence electrons. The number of methoxy groups -OCH3 is 1.